The average molecular weight is 340 g/mol. The van der Waals surface area contributed by atoms with E-state index in [2.05, 4.69) is 14.9 Å². The number of nitrogens with zero attached hydrogens (tertiary/aromatic N) is 4. The molecule has 3 heterocycles. The van der Waals surface area contributed by atoms with Gasteiger partial charge in [-0.1, -0.05) is 12.1 Å². The van der Waals surface area contributed by atoms with Gasteiger partial charge in [-0.3, -0.25) is 4.79 Å². The van der Waals surface area contributed by atoms with Crippen molar-refractivity contribution < 1.29 is 9.90 Å². The third-order valence-corrected chi connectivity index (χ3v) is 4.51. The van der Waals surface area contributed by atoms with Gasteiger partial charge in [-0.25, -0.2) is 9.97 Å². The number of hydrogen-bond donors (Lipinski definition) is 1. The van der Waals surface area contributed by atoms with E-state index in [1.807, 2.05) is 37.3 Å². The topological polar surface area (TPSA) is 69.6 Å². The third kappa shape index (κ3) is 4.14. The molecule has 1 atom stereocenters. The second-order valence-electron chi connectivity index (χ2n) is 6.76. The number of anilines is 1. The maximum Gasteiger partial charge on any atom is 0.272 e. The molecule has 0 aliphatic carbocycles. The highest BCUT2D eigenvalue weighted by atomic mass is 16.3. The zero-order valence-electron chi connectivity index (χ0n) is 14.7. The average Bonchev–Trinajstić information content (AvgIpc) is 2.61. The van der Waals surface area contributed by atoms with Gasteiger partial charge in [0, 0.05) is 32.0 Å². The van der Waals surface area contributed by atoms with E-state index in [0.29, 0.717) is 18.7 Å². The van der Waals surface area contributed by atoms with Gasteiger partial charge in [0.05, 0.1) is 12.1 Å². The Morgan fingerprint density at radius 2 is 2.16 bits per heavy atom. The number of amides is 1. The first-order valence-electron chi connectivity index (χ1n) is 8.54. The quantitative estimate of drug-likeness (QED) is 0.920. The zero-order chi connectivity index (χ0) is 17.9. The minimum atomic E-state index is -0.954. The van der Waals surface area contributed by atoms with E-state index in [9.17, 15) is 9.90 Å². The van der Waals surface area contributed by atoms with Crippen LogP contribution >= 0.6 is 0 Å². The summed E-state index contributed by atoms with van der Waals surface area (Å²) in [6.45, 7) is 3.44. The molecule has 0 spiro atoms. The monoisotopic (exact) mass is 340 g/mol. The molecule has 1 fully saturated rings. The van der Waals surface area contributed by atoms with E-state index in [-0.39, 0.29) is 12.5 Å². The lowest BCUT2D eigenvalue weighted by molar-refractivity contribution is -0.000279. The molecule has 0 unspecified atom stereocenters. The second-order valence-corrected chi connectivity index (χ2v) is 6.76. The van der Waals surface area contributed by atoms with Crippen molar-refractivity contribution in [3.05, 3.63) is 54.0 Å². The number of rotatable bonds is 4. The SMILES string of the molecule is Cc1cccc(C(=O)N(C)C[C@@]2(O)CCCN(c3ccccn3)C2)n1. The molecule has 6 heteroatoms. The second kappa shape index (κ2) is 7.19. The van der Waals surface area contributed by atoms with Crippen LogP contribution in [0.5, 0.6) is 0 Å². The highest BCUT2D eigenvalue weighted by molar-refractivity contribution is 5.92. The van der Waals surface area contributed by atoms with E-state index in [1.165, 1.54) is 0 Å². The number of likely N-dealkylation sites (N-methyl/N-ethyl adjacent to an activating group) is 1. The van der Waals surface area contributed by atoms with Gasteiger partial charge in [0.15, 0.2) is 0 Å². The number of β-amino-alcohol motifs (C(OH)–C–C–N with tert-alkyl or cyclic N) is 1. The van der Waals surface area contributed by atoms with Gasteiger partial charge in [-0.05, 0) is 44.0 Å². The van der Waals surface area contributed by atoms with E-state index in [4.69, 9.17) is 0 Å². The fourth-order valence-corrected chi connectivity index (χ4v) is 3.35. The van der Waals surface area contributed by atoms with Crippen LogP contribution in [0.3, 0.4) is 0 Å². The van der Waals surface area contributed by atoms with Gasteiger partial charge in [0.1, 0.15) is 11.5 Å². The van der Waals surface area contributed by atoms with E-state index >= 15 is 0 Å². The summed E-state index contributed by atoms with van der Waals surface area (Å²) in [5.74, 6) is 0.682. The first kappa shape index (κ1) is 17.4. The van der Waals surface area contributed by atoms with Crippen LogP contribution in [0.2, 0.25) is 0 Å². The molecule has 1 N–H and O–H groups in total. The first-order chi connectivity index (χ1) is 12.0. The van der Waals surface area contributed by atoms with E-state index < -0.39 is 5.60 Å². The smallest absolute Gasteiger partial charge is 0.272 e. The van der Waals surface area contributed by atoms with Gasteiger partial charge >= 0.3 is 0 Å². The van der Waals surface area contributed by atoms with Crippen LogP contribution in [-0.2, 0) is 0 Å². The summed E-state index contributed by atoms with van der Waals surface area (Å²) in [6, 6.07) is 11.1. The number of aryl methyl sites for hydroxylation is 1. The molecule has 6 nitrogen and oxygen atoms in total. The Bertz CT molecular complexity index is 737. The maximum atomic E-state index is 12.6. The minimum Gasteiger partial charge on any atom is -0.386 e. The van der Waals surface area contributed by atoms with Gasteiger partial charge in [-0.2, -0.15) is 0 Å². The number of aromatic nitrogens is 2. The standard InChI is InChI=1S/C19H24N4O2/c1-15-7-5-8-16(21-15)18(24)22(2)13-19(25)10-6-12-23(14-19)17-9-3-4-11-20-17/h3-5,7-9,11,25H,6,10,12-14H2,1-2H3/t19-/m0/s1. The van der Waals surface area contributed by atoms with Crippen molar-refractivity contribution in [1.82, 2.24) is 14.9 Å². The summed E-state index contributed by atoms with van der Waals surface area (Å²) in [7, 11) is 1.71. The first-order valence-corrected chi connectivity index (χ1v) is 8.54. The molecule has 25 heavy (non-hydrogen) atoms. The molecule has 1 saturated heterocycles. The Labute approximate surface area is 148 Å². The number of piperidine rings is 1. The zero-order valence-corrected chi connectivity index (χ0v) is 14.7. The Kier molecular flexibility index (Phi) is 4.99. The van der Waals surface area contributed by atoms with E-state index in [0.717, 1.165) is 24.5 Å². The normalized spacial score (nSPS) is 20.4. The van der Waals surface area contributed by atoms with E-state index in [1.54, 1.807) is 24.2 Å². The van der Waals surface area contributed by atoms with Gasteiger partial charge in [0.2, 0.25) is 0 Å². The van der Waals surface area contributed by atoms with Crippen molar-refractivity contribution in [2.24, 2.45) is 0 Å². The molecule has 2 aromatic heterocycles. The molecule has 3 rings (SSSR count). The molecule has 0 aromatic carbocycles. The Morgan fingerprint density at radius 3 is 2.88 bits per heavy atom. The number of pyridine rings is 2. The third-order valence-electron chi connectivity index (χ3n) is 4.51. The molecule has 2 aromatic rings. The summed E-state index contributed by atoms with van der Waals surface area (Å²) >= 11 is 0. The van der Waals surface area contributed by atoms with Crippen LogP contribution < -0.4 is 4.90 Å². The largest absolute Gasteiger partial charge is 0.386 e. The number of aliphatic hydroxyl groups is 1. The van der Waals surface area contributed by atoms with Gasteiger partial charge in [0.25, 0.3) is 5.91 Å². The van der Waals surface area contributed by atoms with Gasteiger partial charge < -0.3 is 14.9 Å². The number of hydrogen-bond acceptors (Lipinski definition) is 5. The fourth-order valence-electron chi connectivity index (χ4n) is 3.35. The van der Waals surface area contributed by atoms with Crippen molar-refractivity contribution in [1.29, 1.82) is 0 Å². The molecule has 0 saturated carbocycles. The number of carbonyl (C=O) groups is 1. The molecule has 0 radical (unpaired) electrons. The van der Waals surface area contributed by atoms with Crippen LogP contribution in [0.1, 0.15) is 29.0 Å². The van der Waals surface area contributed by atoms with Crippen molar-refractivity contribution in [3.8, 4) is 0 Å². The van der Waals surface area contributed by atoms with Crippen LogP contribution in [0.25, 0.3) is 0 Å². The molecule has 1 amide bonds. The predicted octanol–water partition coefficient (Wildman–Crippen LogP) is 1.89. The van der Waals surface area contributed by atoms with Crippen molar-refractivity contribution in [2.75, 3.05) is 31.6 Å². The fraction of sp³-hybridized carbons (Fsp3) is 0.421. The molecule has 132 valence electrons. The Morgan fingerprint density at radius 1 is 1.32 bits per heavy atom. The number of carbonyl (C=O) groups excluding carboxylic acids is 1. The lowest BCUT2D eigenvalue weighted by atomic mass is 9.92. The Hall–Kier alpha value is -2.47. The van der Waals surface area contributed by atoms with Crippen molar-refractivity contribution >= 4 is 11.7 Å². The summed E-state index contributed by atoms with van der Waals surface area (Å²) in [6.07, 6.45) is 3.27. The van der Waals surface area contributed by atoms with Crippen LogP contribution in [0.15, 0.2) is 42.6 Å². The maximum absolute atomic E-state index is 12.6. The van der Waals surface area contributed by atoms with Crippen molar-refractivity contribution in [3.63, 3.8) is 0 Å². The van der Waals surface area contributed by atoms with Crippen LogP contribution in [-0.4, -0.2) is 58.2 Å². The molecule has 1 aliphatic rings. The minimum absolute atomic E-state index is 0.174. The lowest BCUT2D eigenvalue weighted by Gasteiger charge is -2.41. The lowest BCUT2D eigenvalue weighted by Crippen LogP contribution is -2.55. The summed E-state index contributed by atoms with van der Waals surface area (Å²) < 4.78 is 0. The molecule has 1 aliphatic heterocycles. The predicted molar refractivity (Wildman–Crippen MR) is 96.6 cm³/mol. The van der Waals surface area contributed by atoms with Crippen molar-refractivity contribution in [2.45, 2.75) is 25.4 Å². The molecular formula is C19H24N4O2. The molecule has 0 bridgehead atoms. The summed E-state index contributed by atoms with van der Waals surface area (Å²) in [4.78, 5) is 24.9. The molecular weight excluding hydrogens is 316 g/mol. The van der Waals surface area contributed by atoms with Crippen LogP contribution in [0.4, 0.5) is 5.82 Å². The highest BCUT2D eigenvalue weighted by Gasteiger charge is 2.36. The Balaban J connectivity index is 1.69. The summed E-state index contributed by atoms with van der Waals surface area (Å²) in [5.41, 5.74) is 0.254. The van der Waals surface area contributed by atoms with Gasteiger partial charge in [-0.15, -0.1) is 0 Å². The highest BCUT2D eigenvalue weighted by Crippen LogP contribution is 2.25. The van der Waals surface area contributed by atoms with Crippen LogP contribution in [0, 0.1) is 6.92 Å². The summed E-state index contributed by atoms with van der Waals surface area (Å²) in [5, 5.41) is 11.0.